The Bertz CT molecular complexity index is 752. The lowest BCUT2D eigenvalue weighted by Gasteiger charge is -2.17. The summed E-state index contributed by atoms with van der Waals surface area (Å²) in [5, 5.41) is 2.80. The number of hydrogen-bond acceptors (Lipinski definition) is 3. The number of amides is 1. The first-order valence-electron chi connectivity index (χ1n) is 8.49. The normalized spacial score (nSPS) is 14.2. The van der Waals surface area contributed by atoms with Crippen LogP contribution in [0.4, 0.5) is 20.2 Å². The number of carbonyl (C=O) groups excluding carboxylic acids is 1. The van der Waals surface area contributed by atoms with Crippen molar-refractivity contribution >= 4 is 23.4 Å². The maximum atomic E-state index is 12.1. The fourth-order valence-electron chi connectivity index (χ4n) is 2.85. The molecule has 26 heavy (non-hydrogen) atoms. The Kier molecular flexibility index (Phi) is 5.84. The van der Waals surface area contributed by atoms with Gasteiger partial charge >= 0.3 is 6.61 Å². The molecule has 0 radical (unpaired) electrons. The predicted molar refractivity (Wildman–Crippen MR) is 98.6 cm³/mol. The van der Waals surface area contributed by atoms with Crippen LogP contribution < -0.4 is 15.0 Å². The molecule has 1 N–H and O–H groups in total. The van der Waals surface area contributed by atoms with Crippen LogP contribution in [0.2, 0.25) is 0 Å². The average Bonchev–Trinajstić information content (AvgIpc) is 3.16. The molecule has 2 aromatic rings. The summed E-state index contributed by atoms with van der Waals surface area (Å²) in [4.78, 5) is 14.3. The summed E-state index contributed by atoms with van der Waals surface area (Å²) in [7, 11) is 0. The van der Waals surface area contributed by atoms with Crippen LogP contribution in [0.1, 0.15) is 18.4 Å². The molecule has 3 rings (SSSR count). The van der Waals surface area contributed by atoms with Crippen LogP contribution in [-0.4, -0.2) is 25.6 Å². The first-order chi connectivity index (χ1) is 12.6. The molecule has 0 saturated carbocycles. The smallest absolute Gasteiger partial charge is 0.387 e. The standard InChI is InChI=1S/C20H20F2N2O2/c21-20(22)26-18-10-3-15(4-11-18)5-12-19(25)23-16-6-8-17(9-7-16)24-13-1-2-14-24/h3-12,20H,1-2,13-14H2,(H,23,25)/b12-5+. The summed E-state index contributed by atoms with van der Waals surface area (Å²) >= 11 is 0. The monoisotopic (exact) mass is 358 g/mol. The van der Waals surface area contributed by atoms with Crippen molar-refractivity contribution < 1.29 is 18.3 Å². The molecule has 4 nitrogen and oxygen atoms in total. The van der Waals surface area contributed by atoms with E-state index in [1.807, 2.05) is 24.3 Å². The zero-order valence-corrected chi connectivity index (χ0v) is 14.2. The largest absolute Gasteiger partial charge is 0.435 e. The number of halogens is 2. The summed E-state index contributed by atoms with van der Waals surface area (Å²) in [5.41, 5.74) is 2.61. The molecule has 0 unspecified atom stereocenters. The zero-order chi connectivity index (χ0) is 18.4. The molecule has 136 valence electrons. The summed E-state index contributed by atoms with van der Waals surface area (Å²) < 4.78 is 28.5. The van der Waals surface area contributed by atoms with Crippen LogP contribution in [0, 0.1) is 0 Å². The van der Waals surface area contributed by atoms with E-state index in [0.29, 0.717) is 5.56 Å². The van der Waals surface area contributed by atoms with Crippen molar-refractivity contribution in [2.24, 2.45) is 0 Å². The first kappa shape index (κ1) is 17.9. The maximum Gasteiger partial charge on any atom is 0.387 e. The molecule has 1 amide bonds. The van der Waals surface area contributed by atoms with Crippen molar-refractivity contribution in [1.82, 2.24) is 0 Å². The van der Waals surface area contributed by atoms with E-state index in [9.17, 15) is 13.6 Å². The SMILES string of the molecule is O=C(/C=C/c1ccc(OC(F)F)cc1)Nc1ccc(N2CCCC2)cc1. The predicted octanol–water partition coefficient (Wildman–Crippen LogP) is 4.54. The van der Waals surface area contributed by atoms with Crippen LogP contribution in [0.25, 0.3) is 6.08 Å². The van der Waals surface area contributed by atoms with E-state index in [-0.39, 0.29) is 11.7 Å². The van der Waals surface area contributed by atoms with Crippen molar-refractivity contribution in [3.8, 4) is 5.75 Å². The topological polar surface area (TPSA) is 41.6 Å². The number of nitrogens with zero attached hydrogens (tertiary/aromatic N) is 1. The van der Waals surface area contributed by atoms with Gasteiger partial charge in [-0.05, 0) is 60.9 Å². The first-order valence-corrected chi connectivity index (χ1v) is 8.49. The lowest BCUT2D eigenvalue weighted by atomic mass is 10.2. The van der Waals surface area contributed by atoms with Crippen LogP contribution in [0.15, 0.2) is 54.6 Å². The van der Waals surface area contributed by atoms with E-state index < -0.39 is 6.61 Å². The third-order valence-corrected chi connectivity index (χ3v) is 4.14. The van der Waals surface area contributed by atoms with E-state index in [0.717, 1.165) is 18.8 Å². The Balaban J connectivity index is 1.53. The minimum atomic E-state index is -2.85. The molecule has 0 bridgehead atoms. The van der Waals surface area contributed by atoms with Crippen molar-refractivity contribution in [1.29, 1.82) is 0 Å². The lowest BCUT2D eigenvalue weighted by Crippen LogP contribution is -2.17. The van der Waals surface area contributed by atoms with Crippen LogP contribution in [-0.2, 0) is 4.79 Å². The minimum Gasteiger partial charge on any atom is -0.435 e. The van der Waals surface area contributed by atoms with Gasteiger partial charge in [-0.1, -0.05) is 12.1 Å². The number of anilines is 2. The Morgan fingerprint density at radius 1 is 1.04 bits per heavy atom. The van der Waals surface area contributed by atoms with Gasteiger partial charge in [-0.15, -0.1) is 0 Å². The van der Waals surface area contributed by atoms with E-state index in [1.54, 1.807) is 18.2 Å². The van der Waals surface area contributed by atoms with Crippen LogP contribution >= 0.6 is 0 Å². The van der Waals surface area contributed by atoms with E-state index in [1.165, 1.54) is 36.7 Å². The summed E-state index contributed by atoms with van der Waals surface area (Å²) in [6.45, 7) is -0.690. The summed E-state index contributed by atoms with van der Waals surface area (Å²) in [6.07, 6.45) is 5.45. The number of hydrogen-bond donors (Lipinski definition) is 1. The Morgan fingerprint density at radius 2 is 1.69 bits per heavy atom. The fraction of sp³-hybridized carbons (Fsp3) is 0.250. The second kappa shape index (κ2) is 8.47. The number of ether oxygens (including phenoxy) is 1. The van der Waals surface area contributed by atoms with Gasteiger partial charge in [-0.3, -0.25) is 4.79 Å². The van der Waals surface area contributed by atoms with Gasteiger partial charge in [0.15, 0.2) is 0 Å². The second-order valence-corrected chi connectivity index (χ2v) is 6.01. The lowest BCUT2D eigenvalue weighted by molar-refractivity contribution is -0.111. The molecule has 6 heteroatoms. The van der Waals surface area contributed by atoms with Gasteiger partial charge in [-0.25, -0.2) is 0 Å². The van der Waals surface area contributed by atoms with Crippen LogP contribution in [0.5, 0.6) is 5.75 Å². The van der Waals surface area contributed by atoms with Crippen molar-refractivity contribution in [3.05, 3.63) is 60.2 Å². The highest BCUT2D eigenvalue weighted by Crippen LogP contribution is 2.22. The zero-order valence-electron chi connectivity index (χ0n) is 14.2. The number of rotatable bonds is 6. The molecule has 0 atom stereocenters. The highest BCUT2D eigenvalue weighted by atomic mass is 19.3. The van der Waals surface area contributed by atoms with Gasteiger partial charge < -0.3 is 15.0 Å². The molecular formula is C20H20F2N2O2. The third kappa shape index (κ3) is 5.05. The van der Waals surface area contributed by atoms with Gasteiger partial charge in [0.1, 0.15) is 5.75 Å². The number of nitrogens with one attached hydrogen (secondary N) is 1. The summed E-state index contributed by atoms with van der Waals surface area (Å²) in [6, 6.07) is 13.9. The minimum absolute atomic E-state index is 0.0830. The second-order valence-electron chi connectivity index (χ2n) is 6.01. The molecule has 0 spiro atoms. The van der Waals surface area contributed by atoms with Gasteiger partial charge in [0, 0.05) is 30.5 Å². The van der Waals surface area contributed by atoms with Crippen molar-refractivity contribution in [3.63, 3.8) is 0 Å². The van der Waals surface area contributed by atoms with Gasteiger partial charge in [0.25, 0.3) is 0 Å². The van der Waals surface area contributed by atoms with E-state index in [4.69, 9.17) is 0 Å². The average molecular weight is 358 g/mol. The molecule has 0 aromatic heterocycles. The highest BCUT2D eigenvalue weighted by molar-refractivity contribution is 6.02. The molecule has 1 aliphatic heterocycles. The number of alkyl halides is 2. The molecule has 1 aliphatic rings. The molecule has 1 saturated heterocycles. The molecular weight excluding hydrogens is 338 g/mol. The summed E-state index contributed by atoms with van der Waals surface area (Å²) in [5.74, 6) is -0.175. The van der Waals surface area contributed by atoms with E-state index in [2.05, 4.69) is 15.0 Å². The van der Waals surface area contributed by atoms with Crippen molar-refractivity contribution in [2.45, 2.75) is 19.5 Å². The van der Waals surface area contributed by atoms with Gasteiger partial charge in [0.05, 0.1) is 0 Å². The van der Waals surface area contributed by atoms with Crippen molar-refractivity contribution in [2.75, 3.05) is 23.3 Å². The number of carbonyl (C=O) groups is 1. The molecule has 0 aliphatic carbocycles. The quantitative estimate of drug-likeness (QED) is 0.771. The van der Waals surface area contributed by atoms with Gasteiger partial charge in [-0.2, -0.15) is 8.78 Å². The Labute approximate surface area is 151 Å². The molecule has 1 fully saturated rings. The Hall–Kier alpha value is -2.89. The Morgan fingerprint density at radius 3 is 2.31 bits per heavy atom. The highest BCUT2D eigenvalue weighted by Gasteiger charge is 2.11. The number of benzene rings is 2. The fourth-order valence-corrected chi connectivity index (χ4v) is 2.85. The molecule has 2 aromatic carbocycles. The molecule has 1 heterocycles. The van der Waals surface area contributed by atoms with Gasteiger partial charge in [0.2, 0.25) is 5.91 Å². The van der Waals surface area contributed by atoms with Crippen LogP contribution in [0.3, 0.4) is 0 Å². The van der Waals surface area contributed by atoms with E-state index >= 15 is 0 Å². The maximum absolute atomic E-state index is 12.1. The third-order valence-electron chi connectivity index (χ3n) is 4.14.